The average molecular weight is 391 g/mol. The fraction of sp³-hybridized carbons (Fsp3) is 0.182. The van der Waals surface area contributed by atoms with Crippen LogP contribution in [0, 0.1) is 0 Å². The van der Waals surface area contributed by atoms with Crippen LogP contribution < -0.4 is 20.3 Å². The molecule has 1 aliphatic rings. The number of fused-ring (bicyclic) bond motifs is 1. The number of amides is 3. The largest absolute Gasteiger partial charge is 0.497 e. The zero-order valence-electron chi connectivity index (χ0n) is 16.0. The molecule has 0 unspecified atom stereocenters. The van der Waals surface area contributed by atoms with Crippen molar-refractivity contribution in [2.24, 2.45) is 0 Å². The molecule has 7 nitrogen and oxygen atoms in total. The number of urea groups is 1. The maximum Gasteiger partial charge on any atom is 0.319 e. The first-order valence-corrected chi connectivity index (χ1v) is 9.30. The van der Waals surface area contributed by atoms with Crippen LogP contribution in [0.3, 0.4) is 0 Å². The van der Waals surface area contributed by atoms with Crippen LogP contribution in [-0.4, -0.2) is 25.6 Å². The van der Waals surface area contributed by atoms with Gasteiger partial charge in [0.15, 0.2) is 5.76 Å². The quantitative estimate of drug-likeness (QED) is 0.693. The summed E-state index contributed by atoms with van der Waals surface area (Å²) in [5.74, 6) is 0.883. The van der Waals surface area contributed by atoms with E-state index in [1.54, 1.807) is 24.1 Å². The second kappa shape index (κ2) is 8.10. The molecule has 0 atom stereocenters. The molecule has 2 N–H and O–H groups in total. The predicted octanol–water partition coefficient (Wildman–Crippen LogP) is 3.81. The van der Waals surface area contributed by atoms with E-state index in [4.69, 9.17) is 9.15 Å². The second-order valence-electron chi connectivity index (χ2n) is 6.68. The molecular weight excluding hydrogens is 370 g/mol. The molecule has 0 spiro atoms. The van der Waals surface area contributed by atoms with E-state index in [1.165, 1.54) is 6.26 Å². The molecule has 148 valence electrons. The molecule has 0 fully saturated rings. The third kappa shape index (κ3) is 4.08. The van der Waals surface area contributed by atoms with Crippen molar-refractivity contribution in [2.45, 2.75) is 13.0 Å². The zero-order valence-corrected chi connectivity index (χ0v) is 16.0. The van der Waals surface area contributed by atoms with Gasteiger partial charge in [-0.2, -0.15) is 0 Å². The summed E-state index contributed by atoms with van der Waals surface area (Å²) >= 11 is 0. The van der Waals surface area contributed by atoms with Crippen LogP contribution in [0.2, 0.25) is 0 Å². The second-order valence-corrected chi connectivity index (χ2v) is 6.68. The highest BCUT2D eigenvalue weighted by atomic mass is 16.5. The molecule has 1 aromatic heterocycles. The molecule has 2 heterocycles. The minimum Gasteiger partial charge on any atom is -0.497 e. The van der Waals surface area contributed by atoms with Crippen LogP contribution in [0.15, 0.2) is 65.3 Å². The van der Waals surface area contributed by atoms with Gasteiger partial charge in [0.25, 0.3) is 5.91 Å². The van der Waals surface area contributed by atoms with Crippen molar-refractivity contribution in [2.75, 3.05) is 23.9 Å². The van der Waals surface area contributed by atoms with E-state index in [9.17, 15) is 9.59 Å². The fourth-order valence-electron chi connectivity index (χ4n) is 3.30. The maximum absolute atomic E-state index is 12.6. The minimum atomic E-state index is -0.317. The van der Waals surface area contributed by atoms with Gasteiger partial charge in [0.05, 0.1) is 13.4 Å². The highest BCUT2D eigenvalue weighted by Gasteiger charge is 2.27. The summed E-state index contributed by atoms with van der Waals surface area (Å²) in [6.45, 7) is 0.978. The summed E-state index contributed by atoms with van der Waals surface area (Å²) in [4.78, 5) is 26.6. The van der Waals surface area contributed by atoms with E-state index in [2.05, 4.69) is 10.6 Å². The normalized spacial score (nSPS) is 12.4. The van der Waals surface area contributed by atoms with E-state index in [-0.39, 0.29) is 11.9 Å². The first-order chi connectivity index (χ1) is 14.1. The lowest BCUT2D eigenvalue weighted by atomic mass is 10.1. The Morgan fingerprint density at radius 1 is 1.14 bits per heavy atom. The third-order valence-corrected chi connectivity index (χ3v) is 4.83. The number of hydrogen-bond donors (Lipinski definition) is 2. The number of carbonyl (C=O) groups is 2. The van der Waals surface area contributed by atoms with E-state index >= 15 is 0 Å². The predicted molar refractivity (Wildman–Crippen MR) is 109 cm³/mol. The molecule has 0 radical (unpaired) electrons. The molecule has 3 aromatic rings. The minimum absolute atomic E-state index is 0.185. The highest BCUT2D eigenvalue weighted by Crippen LogP contribution is 2.32. The van der Waals surface area contributed by atoms with Gasteiger partial charge in [-0.1, -0.05) is 18.2 Å². The Morgan fingerprint density at radius 3 is 2.69 bits per heavy atom. The van der Waals surface area contributed by atoms with E-state index in [0.29, 0.717) is 24.5 Å². The summed E-state index contributed by atoms with van der Waals surface area (Å²) in [6, 6.07) is 16.1. The molecule has 0 aliphatic carbocycles. The average Bonchev–Trinajstić information content (AvgIpc) is 3.42. The van der Waals surface area contributed by atoms with Crippen LogP contribution in [0.25, 0.3) is 0 Å². The first kappa shape index (κ1) is 18.6. The van der Waals surface area contributed by atoms with Gasteiger partial charge in [0.1, 0.15) is 5.75 Å². The fourth-order valence-corrected chi connectivity index (χ4v) is 3.30. The van der Waals surface area contributed by atoms with Crippen molar-refractivity contribution >= 4 is 23.3 Å². The van der Waals surface area contributed by atoms with Crippen molar-refractivity contribution in [1.29, 1.82) is 0 Å². The summed E-state index contributed by atoms with van der Waals surface area (Å²) in [7, 11) is 1.61. The van der Waals surface area contributed by atoms with Crippen molar-refractivity contribution < 1.29 is 18.7 Å². The number of benzene rings is 2. The Bertz CT molecular complexity index is 1010. The molecule has 0 saturated heterocycles. The summed E-state index contributed by atoms with van der Waals surface area (Å²) in [6.07, 6.45) is 2.25. The third-order valence-electron chi connectivity index (χ3n) is 4.83. The van der Waals surface area contributed by atoms with Gasteiger partial charge in [-0.3, -0.25) is 4.79 Å². The lowest BCUT2D eigenvalue weighted by Gasteiger charge is -2.17. The molecule has 7 heteroatoms. The van der Waals surface area contributed by atoms with Crippen molar-refractivity contribution in [3.63, 3.8) is 0 Å². The first-order valence-electron chi connectivity index (χ1n) is 9.30. The Balaban J connectivity index is 1.40. The van der Waals surface area contributed by atoms with Crippen LogP contribution >= 0.6 is 0 Å². The Morgan fingerprint density at radius 2 is 1.97 bits per heavy atom. The number of methoxy groups -OCH3 is 1. The van der Waals surface area contributed by atoms with Gasteiger partial charge < -0.3 is 24.7 Å². The zero-order chi connectivity index (χ0) is 20.2. The van der Waals surface area contributed by atoms with Crippen LogP contribution in [0.5, 0.6) is 5.75 Å². The van der Waals surface area contributed by atoms with Gasteiger partial charge >= 0.3 is 6.03 Å². The number of hydrogen-bond acceptors (Lipinski definition) is 4. The number of ether oxygens (including phenoxy) is 1. The molecule has 0 bridgehead atoms. The molecule has 0 saturated carbocycles. The molecule has 2 aromatic carbocycles. The molecule has 3 amide bonds. The van der Waals surface area contributed by atoms with Gasteiger partial charge in [0, 0.05) is 24.5 Å². The topological polar surface area (TPSA) is 83.8 Å². The van der Waals surface area contributed by atoms with E-state index < -0.39 is 0 Å². The smallest absolute Gasteiger partial charge is 0.319 e. The Kier molecular flexibility index (Phi) is 5.20. The van der Waals surface area contributed by atoms with E-state index in [1.807, 2.05) is 42.5 Å². The summed E-state index contributed by atoms with van der Waals surface area (Å²) in [5, 5.41) is 5.65. The number of nitrogens with one attached hydrogen (secondary N) is 2. The number of anilines is 2. The monoisotopic (exact) mass is 391 g/mol. The van der Waals surface area contributed by atoms with Crippen LogP contribution in [0.1, 0.15) is 21.7 Å². The van der Waals surface area contributed by atoms with Gasteiger partial charge in [-0.25, -0.2) is 4.79 Å². The number of rotatable bonds is 5. The van der Waals surface area contributed by atoms with E-state index in [0.717, 1.165) is 29.0 Å². The number of furan rings is 1. The van der Waals surface area contributed by atoms with Gasteiger partial charge in [0.2, 0.25) is 0 Å². The molecule has 4 rings (SSSR count). The molecule has 1 aliphatic heterocycles. The summed E-state index contributed by atoms with van der Waals surface area (Å²) < 4.78 is 10.4. The van der Waals surface area contributed by atoms with Crippen molar-refractivity contribution in [3.8, 4) is 5.75 Å². The maximum atomic E-state index is 12.6. The molecular formula is C22H21N3O4. The Labute approximate surface area is 168 Å². The van der Waals surface area contributed by atoms with Gasteiger partial charge in [-0.05, 0) is 53.9 Å². The SMILES string of the molecule is COc1ccc(CNC(=O)Nc2ccc3c(c2)N(C(=O)c2ccco2)CC3)cc1. The lowest BCUT2D eigenvalue weighted by molar-refractivity contribution is 0.0963. The molecule has 29 heavy (non-hydrogen) atoms. The standard InChI is InChI=1S/C22H21N3O4/c1-28-18-8-4-15(5-9-18)14-23-22(27)24-17-7-6-16-10-11-25(19(16)13-17)21(26)20-3-2-12-29-20/h2-9,12-13H,10-11,14H2,1H3,(H2,23,24,27). The van der Waals surface area contributed by atoms with Crippen LogP contribution in [0.4, 0.5) is 16.2 Å². The number of nitrogens with zero attached hydrogens (tertiary/aromatic N) is 1. The van der Waals surface area contributed by atoms with Crippen molar-refractivity contribution in [1.82, 2.24) is 5.32 Å². The van der Waals surface area contributed by atoms with Crippen molar-refractivity contribution in [3.05, 3.63) is 77.7 Å². The highest BCUT2D eigenvalue weighted by molar-refractivity contribution is 6.06. The van der Waals surface area contributed by atoms with Crippen LogP contribution in [-0.2, 0) is 13.0 Å². The number of carbonyl (C=O) groups excluding carboxylic acids is 2. The summed E-state index contributed by atoms with van der Waals surface area (Å²) in [5.41, 5.74) is 3.44. The Hall–Kier alpha value is -3.74. The van der Waals surface area contributed by atoms with Gasteiger partial charge in [-0.15, -0.1) is 0 Å². The lowest BCUT2D eigenvalue weighted by Crippen LogP contribution is -2.29.